The number of halogens is 2. The van der Waals surface area contributed by atoms with E-state index in [-0.39, 0.29) is 5.82 Å². The van der Waals surface area contributed by atoms with E-state index in [0.717, 1.165) is 29.2 Å². The lowest BCUT2D eigenvalue weighted by Crippen LogP contribution is -2.15. The topological polar surface area (TPSA) is 70.9 Å². The second-order valence-corrected chi connectivity index (χ2v) is 7.54. The van der Waals surface area contributed by atoms with Gasteiger partial charge in [0.2, 0.25) is 5.95 Å². The summed E-state index contributed by atoms with van der Waals surface area (Å²) >= 11 is 0. The van der Waals surface area contributed by atoms with Crippen LogP contribution in [0.15, 0.2) is 55.0 Å². The van der Waals surface area contributed by atoms with Crippen LogP contribution in [0.2, 0.25) is 0 Å². The van der Waals surface area contributed by atoms with Gasteiger partial charge in [-0.2, -0.15) is 9.97 Å². The Bertz CT molecular complexity index is 1280. The number of hydrogen-bond donors (Lipinski definition) is 2. The Labute approximate surface area is 183 Å². The molecule has 0 radical (unpaired) electrons. The van der Waals surface area contributed by atoms with Gasteiger partial charge in [-0.15, -0.1) is 0 Å². The maximum atomic E-state index is 14.7. The first kappa shape index (κ1) is 19.9. The van der Waals surface area contributed by atoms with Gasteiger partial charge in [0, 0.05) is 36.7 Å². The third kappa shape index (κ3) is 3.62. The number of hydrogen-bond acceptors (Lipinski definition) is 6. The van der Waals surface area contributed by atoms with Gasteiger partial charge in [0.05, 0.1) is 17.7 Å². The third-order valence-electron chi connectivity index (χ3n) is 5.40. The molecule has 162 valence electrons. The van der Waals surface area contributed by atoms with Crippen LogP contribution in [0.5, 0.6) is 0 Å². The molecule has 7 nitrogen and oxygen atoms in total. The summed E-state index contributed by atoms with van der Waals surface area (Å²) < 4.78 is 29.8. The number of benzene rings is 2. The summed E-state index contributed by atoms with van der Waals surface area (Å²) in [5.41, 5.74) is 3.58. The molecule has 0 aliphatic carbocycles. The number of imidazole rings is 1. The van der Waals surface area contributed by atoms with Crippen molar-refractivity contribution in [2.24, 2.45) is 0 Å². The number of rotatable bonds is 5. The van der Waals surface area contributed by atoms with E-state index >= 15 is 0 Å². The Morgan fingerprint density at radius 3 is 2.53 bits per heavy atom. The monoisotopic (exact) mass is 433 g/mol. The van der Waals surface area contributed by atoms with Crippen molar-refractivity contribution in [1.82, 2.24) is 19.5 Å². The molecule has 0 saturated heterocycles. The predicted molar refractivity (Wildman–Crippen MR) is 120 cm³/mol. The Kier molecular flexibility index (Phi) is 4.93. The minimum Gasteiger partial charge on any atom is -0.373 e. The van der Waals surface area contributed by atoms with Crippen molar-refractivity contribution in [2.75, 3.05) is 29.1 Å². The van der Waals surface area contributed by atoms with Gasteiger partial charge >= 0.3 is 0 Å². The lowest BCUT2D eigenvalue weighted by molar-refractivity contribution is 0.618. The predicted octanol–water partition coefficient (Wildman–Crippen LogP) is 4.73. The molecule has 2 aromatic carbocycles. The van der Waals surface area contributed by atoms with E-state index in [2.05, 4.69) is 25.6 Å². The second kappa shape index (κ2) is 7.92. The molecule has 0 saturated carbocycles. The maximum absolute atomic E-state index is 14.7. The molecule has 1 aliphatic heterocycles. The van der Waals surface area contributed by atoms with Gasteiger partial charge in [0.25, 0.3) is 0 Å². The van der Waals surface area contributed by atoms with Crippen molar-refractivity contribution in [3.8, 4) is 5.69 Å². The van der Waals surface area contributed by atoms with Gasteiger partial charge in [0.15, 0.2) is 0 Å². The van der Waals surface area contributed by atoms with Crippen LogP contribution in [0, 0.1) is 18.6 Å². The molecule has 2 N–H and O–H groups in total. The molecule has 1 aliphatic rings. The van der Waals surface area contributed by atoms with Crippen LogP contribution in [0.4, 0.5) is 37.7 Å². The molecule has 2 aromatic heterocycles. The molecule has 9 heteroatoms. The molecule has 5 rings (SSSR count). The number of nitrogens with one attached hydrogen (secondary N) is 2. The zero-order valence-electron chi connectivity index (χ0n) is 17.6. The normalized spacial score (nSPS) is 12.7. The number of aromatic nitrogens is 4. The highest BCUT2D eigenvalue weighted by atomic mass is 19.1. The van der Waals surface area contributed by atoms with E-state index in [4.69, 9.17) is 0 Å². The minimum atomic E-state index is -0.393. The van der Waals surface area contributed by atoms with E-state index in [9.17, 15) is 8.78 Å². The smallest absolute Gasteiger partial charge is 0.231 e. The quantitative estimate of drug-likeness (QED) is 0.474. The molecule has 0 bridgehead atoms. The molecule has 0 amide bonds. The maximum Gasteiger partial charge on any atom is 0.231 e. The number of fused-ring (bicyclic) bond motifs is 1. The molecular weight excluding hydrogens is 412 g/mol. The van der Waals surface area contributed by atoms with Crippen molar-refractivity contribution in [3.05, 3.63) is 77.9 Å². The van der Waals surface area contributed by atoms with Gasteiger partial charge in [0.1, 0.15) is 23.3 Å². The lowest BCUT2D eigenvalue weighted by atomic mass is 10.2. The molecule has 0 fully saturated rings. The first-order valence-electron chi connectivity index (χ1n) is 10.2. The fourth-order valence-corrected chi connectivity index (χ4v) is 3.87. The highest BCUT2D eigenvalue weighted by Crippen LogP contribution is 2.37. The molecular formula is C23H21F2N7. The number of aryl methyl sites for hydroxylation is 1. The van der Waals surface area contributed by atoms with Crippen LogP contribution in [-0.2, 0) is 6.42 Å². The van der Waals surface area contributed by atoms with Crippen LogP contribution in [0.3, 0.4) is 0 Å². The highest BCUT2D eigenvalue weighted by molar-refractivity contribution is 5.73. The number of nitrogens with zero attached hydrogens (tertiary/aromatic N) is 5. The standard InChI is InChI=1S/C23H21F2N7/c1-14-12-31(13-27-14)20-8-5-16(11-19(20)25)28-23-29-21(26-2)18-9-10-32(22(18)30-23)17-6-3-15(24)4-7-17/h3-8,11-13H,9-10H2,1-2H3,(H2,26,28,29,30). The average molecular weight is 433 g/mol. The van der Waals surface area contributed by atoms with Crippen LogP contribution >= 0.6 is 0 Å². The zero-order chi connectivity index (χ0) is 22.2. The molecule has 3 heterocycles. The van der Waals surface area contributed by atoms with Gasteiger partial charge in [-0.25, -0.2) is 13.8 Å². The van der Waals surface area contributed by atoms with Crippen LogP contribution in [-0.4, -0.2) is 33.1 Å². The van der Waals surface area contributed by atoms with Gasteiger partial charge < -0.3 is 20.1 Å². The molecule has 0 unspecified atom stereocenters. The fraction of sp³-hybridized carbons (Fsp3) is 0.174. The molecule has 0 spiro atoms. The first-order chi connectivity index (χ1) is 15.5. The van der Waals surface area contributed by atoms with Crippen LogP contribution in [0.25, 0.3) is 5.69 Å². The Morgan fingerprint density at radius 2 is 1.84 bits per heavy atom. The summed E-state index contributed by atoms with van der Waals surface area (Å²) in [5.74, 6) is 1.10. The Balaban J connectivity index is 1.46. The molecule has 32 heavy (non-hydrogen) atoms. The first-order valence-corrected chi connectivity index (χ1v) is 10.2. The van der Waals surface area contributed by atoms with Gasteiger partial charge in [-0.05, 0) is 55.8 Å². The van der Waals surface area contributed by atoms with E-state index < -0.39 is 5.82 Å². The summed E-state index contributed by atoms with van der Waals surface area (Å²) in [6.07, 6.45) is 4.10. The number of anilines is 5. The van der Waals surface area contributed by atoms with Crippen molar-refractivity contribution in [2.45, 2.75) is 13.3 Å². The van der Waals surface area contributed by atoms with E-state index in [1.54, 1.807) is 48.4 Å². The van der Waals surface area contributed by atoms with E-state index in [1.807, 2.05) is 11.8 Å². The van der Waals surface area contributed by atoms with Crippen LogP contribution < -0.4 is 15.5 Å². The summed E-state index contributed by atoms with van der Waals surface area (Å²) in [5, 5.41) is 6.22. The van der Waals surface area contributed by atoms with Crippen molar-refractivity contribution in [1.29, 1.82) is 0 Å². The van der Waals surface area contributed by atoms with Gasteiger partial charge in [-0.1, -0.05) is 0 Å². The van der Waals surface area contributed by atoms with Crippen molar-refractivity contribution >= 4 is 29.0 Å². The van der Waals surface area contributed by atoms with E-state index in [1.165, 1.54) is 18.2 Å². The third-order valence-corrected chi connectivity index (χ3v) is 5.40. The summed E-state index contributed by atoms with van der Waals surface area (Å²) in [7, 11) is 1.80. The van der Waals surface area contributed by atoms with Crippen molar-refractivity contribution in [3.63, 3.8) is 0 Å². The van der Waals surface area contributed by atoms with Crippen molar-refractivity contribution < 1.29 is 8.78 Å². The SMILES string of the molecule is CNc1nc(Nc2ccc(-n3cnc(C)c3)c(F)c2)nc2c1CCN2c1ccc(F)cc1. The van der Waals surface area contributed by atoms with E-state index in [0.29, 0.717) is 29.7 Å². The fourth-order valence-electron chi connectivity index (χ4n) is 3.87. The highest BCUT2D eigenvalue weighted by Gasteiger charge is 2.26. The minimum absolute atomic E-state index is 0.287. The molecule has 0 atom stereocenters. The Morgan fingerprint density at radius 1 is 1.03 bits per heavy atom. The Hall–Kier alpha value is -4.01. The average Bonchev–Trinajstić information content (AvgIpc) is 3.40. The summed E-state index contributed by atoms with van der Waals surface area (Å²) in [4.78, 5) is 15.4. The summed E-state index contributed by atoms with van der Waals surface area (Å²) in [6, 6.07) is 11.2. The van der Waals surface area contributed by atoms with Crippen LogP contribution in [0.1, 0.15) is 11.3 Å². The zero-order valence-corrected chi connectivity index (χ0v) is 17.6. The summed E-state index contributed by atoms with van der Waals surface area (Å²) in [6.45, 7) is 2.56. The second-order valence-electron chi connectivity index (χ2n) is 7.54. The van der Waals surface area contributed by atoms with Gasteiger partial charge in [-0.3, -0.25) is 0 Å². The lowest BCUT2D eigenvalue weighted by Gasteiger charge is -2.19. The molecule has 4 aromatic rings. The largest absolute Gasteiger partial charge is 0.373 e.